The molecular weight excluding hydrogens is 377 g/mol. The molecule has 0 bridgehead atoms. The van der Waals surface area contributed by atoms with Gasteiger partial charge in [-0.2, -0.15) is 14.6 Å². The summed E-state index contributed by atoms with van der Waals surface area (Å²) >= 11 is 2.11. The van der Waals surface area contributed by atoms with E-state index in [1.807, 2.05) is 0 Å². The third-order valence-corrected chi connectivity index (χ3v) is 5.76. The Morgan fingerprint density at radius 1 is 1.35 bits per heavy atom. The highest BCUT2D eigenvalue weighted by Gasteiger charge is 2.32. The summed E-state index contributed by atoms with van der Waals surface area (Å²) in [5, 5.41) is 1.12. The molecule has 8 heteroatoms. The lowest BCUT2D eigenvalue weighted by atomic mass is 10.3. The maximum Gasteiger partial charge on any atom is 0.296 e. The Kier molecular flexibility index (Phi) is 3.57. The van der Waals surface area contributed by atoms with E-state index in [1.165, 1.54) is 0 Å². The first-order chi connectivity index (χ1) is 7.89. The zero-order valence-electron chi connectivity index (χ0n) is 8.28. The van der Waals surface area contributed by atoms with E-state index >= 15 is 0 Å². The van der Waals surface area contributed by atoms with Crippen LogP contribution in [0.25, 0.3) is 0 Å². The molecule has 92 valence electrons. The molecule has 2 rings (SSSR count). The van der Waals surface area contributed by atoms with Gasteiger partial charge in [0.2, 0.25) is 4.71 Å². The van der Waals surface area contributed by atoms with E-state index in [2.05, 4.69) is 28.8 Å². The van der Waals surface area contributed by atoms with Crippen LogP contribution in [0.5, 0.6) is 0 Å². The standard InChI is InChI=1S/C9H7INO4S2/c10-7-1-3-8(4-2-7)11-5-6-16(12)9(11)17(13,14)15/h1-4,6,9H,(H,13,14,15)/q-1. The number of benzene rings is 1. The van der Waals surface area contributed by atoms with Gasteiger partial charge in [-0.05, 0) is 22.6 Å². The largest absolute Gasteiger partial charge is 0.483 e. The molecule has 0 fully saturated rings. The van der Waals surface area contributed by atoms with Crippen LogP contribution in [-0.4, -0.2) is 21.9 Å². The van der Waals surface area contributed by atoms with Gasteiger partial charge in [0.25, 0.3) is 10.1 Å². The van der Waals surface area contributed by atoms with E-state index in [0.717, 1.165) is 13.9 Å². The van der Waals surface area contributed by atoms with E-state index in [9.17, 15) is 12.6 Å². The fraction of sp³-hybridized carbons (Fsp3) is 0.111. The van der Waals surface area contributed by atoms with Gasteiger partial charge in [-0.1, -0.05) is 17.5 Å². The summed E-state index contributed by atoms with van der Waals surface area (Å²) in [6, 6.07) is 6.90. The number of halogens is 1. The van der Waals surface area contributed by atoms with Crippen molar-refractivity contribution in [3.05, 3.63) is 39.4 Å². The Hall–Kier alpha value is -0.450. The second-order valence-electron chi connectivity index (χ2n) is 3.24. The van der Waals surface area contributed by atoms with E-state index in [1.54, 1.807) is 24.3 Å². The highest BCUT2D eigenvalue weighted by atomic mass is 127. The minimum atomic E-state index is -4.43. The third-order valence-electron chi connectivity index (χ3n) is 2.08. The van der Waals surface area contributed by atoms with Crippen molar-refractivity contribution in [2.45, 2.75) is 4.71 Å². The molecule has 1 aliphatic rings. The topological polar surface area (TPSA) is 74.7 Å². The maximum atomic E-state index is 11.5. The average Bonchev–Trinajstić information content (AvgIpc) is 2.61. The van der Waals surface area contributed by atoms with E-state index in [0.29, 0.717) is 5.69 Å². The van der Waals surface area contributed by atoms with E-state index in [-0.39, 0.29) is 0 Å². The van der Waals surface area contributed by atoms with Crippen LogP contribution in [0.1, 0.15) is 0 Å². The van der Waals surface area contributed by atoms with Gasteiger partial charge in [-0.15, -0.1) is 17.8 Å². The minimum absolute atomic E-state index is 0.509. The summed E-state index contributed by atoms with van der Waals surface area (Å²) in [6.07, 6.45) is 2.57. The number of hydrogen-bond acceptors (Lipinski definition) is 4. The fourth-order valence-electron chi connectivity index (χ4n) is 1.38. The summed E-state index contributed by atoms with van der Waals surface area (Å²) < 4.78 is 42.3. The first kappa shape index (κ1) is 13.0. The Bertz CT molecular complexity index is 582. The van der Waals surface area contributed by atoms with Crippen molar-refractivity contribution >= 4 is 49.2 Å². The lowest BCUT2D eigenvalue weighted by Gasteiger charge is -2.32. The first-order valence-corrected chi connectivity index (χ1v) is 8.25. The average molecular weight is 384 g/mol. The molecule has 17 heavy (non-hydrogen) atoms. The monoisotopic (exact) mass is 384 g/mol. The van der Waals surface area contributed by atoms with Gasteiger partial charge in [0.15, 0.2) is 0 Å². The van der Waals surface area contributed by atoms with Crippen molar-refractivity contribution in [1.82, 2.24) is 0 Å². The molecule has 1 heterocycles. The van der Waals surface area contributed by atoms with Crippen molar-refractivity contribution in [1.29, 1.82) is 0 Å². The van der Waals surface area contributed by atoms with Crippen LogP contribution in [0.4, 0.5) is 5.69 Å². The molecule has 2 atom stereocenters. The molecule has 0 spiro atoms. The van der Waals surface area contributed by atoms with Gasteiger partial charge in [-0.25, -0.2) is 0 Å². The predicted molar refractivity (Wildman–Crippen MR) is 72.9 cm³/mol. The number of anilines is 1. The van der Waals surface area contributed by atoms with E-state index in [4.69, 9.17) is 4.55 Å². The molecular formula is C9H7INO4S2-. The van der Waals surface area contributed by atoms with Gasteiger partial charge in [0.1, 0.15) is 0 Å². The van der Waals surface area contributed by atoms with Gasteiger partial charge in [0.05, 0.1) is 10.8 Å². The lowest BCUT2D eigenvalue weighted by molar-refractivity contribution is 0.479. The van der Waals surface area contributed by atoms with Gasteiger partial charge in [0, 0.05) is 3.57 Å². The summed E-state index contributed by atoms with van der Waals surface area (Å²) in [5.74, 6) is 0. The summed E-state index contributed by atoms with van der Waals surface area (Å²) in [5.41, 5.74) is 0.509. The van der Waals surface area contributed by atoms with Gasteiger partial charge in [-0.3, -0.25) is 8.76 Å². The maximum absolute atomic E-state index is 11.5. The smallest absolute Gasteiger partial charge is 0.296 e. The van der Waals surface area contributed by atoms with Crippen molar-refractivity contribution in [2.24, 2.45) is 0 Å². The highest BCUT2D eigenvalue weighted by Crippen LogP contribution is 2.27. The molecule has 1 aromatic rings. The lowest BCUT2D eigenvalue weighted by Crippen LogP contribution is -2.36. The van der Waals surface area contributed by atoms with Gasteiger partial charge < -0.3 is 4.90 Å². The number of hydrogen-bond donors (Lipinski definition) is 1. The number of rotatable bonds is 2. The van der Waals surface area contributed by atoms with Crippen LogP contribution in [0.2, 0.25) is 0 Å². The molecule has 0 aromatic heterocycles. The zero-order chi connectivity index (χ0) is 12.6. The van der Waals surface area contributed by atoms with Crippen molar-refractivity contribution in [2.75, 3.05) is 4.90 Å². The molecule has 1 aromatic carbocycles. The Balaban J connectivity index is 2.42. The quantitative estimate of drug-likeness (QED) is 0.473. The van der Waals surface area contributed by atoms with Crippen LogP contribution < -0.4 is 4.90 Å². The second-order valence-corrected chi connectivity index (χ2v) is 7.60. The molecule has 0 aliphatic carbocycles. The second kappa shape index (κ2) is 4.67. The van der Waals surface area contributed by atoms with Crippen LogP contribution in [-0.2, 0) is 20.9 Å². The first-order valence-electron chi connectivity index (χ1n) is 4.39. The normalized spacial score (nSPS) is 24.2. The van der Waals surface area contributed by atoms with Crippen LogP contribution >= 0.6 is 22.6 Å². The minimum Gasteiger partial charge on any atom is -0.483 e. The van der Waals surface area contributed by atoms with Gasteiger partial charge >= 0.3 is 0 Å². The summed E-state index contributed by atoms with van der Waals surface area (Å²) in [7, 11) is -6.25. The van der Waals surface area contributed by atoms with Crippen LogP contribution in [0.15, 0.2) is 29.7 Å². The van der Waals surface area contributed by atoms with Crippen molar-refractivity contribution in [3.8, 4) is 0 Å². The molecule has 0 amide bonds. The zero-order valence-corrected chi connectivity index (χ0v) is 12.1. The van der Waals surface area contributed by atoms with Crippen molar-refractivity contribution < 1.29 is 17.2 Å². The molecule has 0 saturated carbocycles. The number of nitrogens with zero attached hydrogens (tertiary/aromatic N) is 1. The SMILES string of the molecule is O=S1C=[C-]N(c2ccc(I)cc2)C1S(=O)(=O)O. The molecule has 5 nitrogen and oxygen atoms in total. The van der Waals surface area contributed by atoms with E-state index < -0.39 is 25.6 Å². The Morgan fingerprint density at radius 2 is 1.94 bits per heavy atom. The van der Waals surface area contributed by atoms with Crippen LogP contribution in [0, 0.1) is 9.77 Å². The predicted octanol–water partition coefficient (Wildman–Crippen LogP) is 1.31. The summed E-state index contributed by atoms with van der Waals surface area (Å²) in [4.78, 5) is 1.15. The fourth-order valence-corrected chi connectivity index (χ4v) is 4.04. The molecule has 1 N–H and O–H groups in total. The Morgan fingerprint density at radius 3 is 2.47 bits per heavy atom. The van der Waals surface area contributed by atoms with Crippen LogP contribution in [0.3, 0.4) is 0 Å². The van der Waals surface area contributed by atoms with Crippen molar-refractivity contribution in [3.63, 3.8) is 0 Å². The molecule has 0 radical (unpaired) electrons. The molecule has 1 aliphatic heterocycles. The highest BCUT2D eigenvalue weighted by molar-refractivity contribution is 14.1. The third kappa shape index (κ3) is 2.69. The molecule has 0 saturated heterocycles. The Labute approximate surface area is 115 Å². The summed E-state index contributed by atoms with van der Waals surface area (Å²) in [6.45, 7) is 0. The molecule has 2 unspecified atom stereocenters.